The number of ether oxygens (including phenoxy) is 1. The second-order valence-corrected chi connectivity index (χ2v) is 6.80. The highest BCUT2D eigenvalue weighted by atomic mass is 16.5. The summed E-state index contributed by atoms with van der Waals surface area (Å²) in [5, 5.41) is 8.84. The fraction of sp³-hybridized carbons (Fsp3) is 0.364. The summed E-state index contributed by atoms with van der Waals surface area (Å²) >= 11 is 0. The molecule has 5 nitrogen and oxygen atoms in total. The lowest BCUT2D eigenvalue weighted by molar-refractivity contribution is -0.139. The zero-order valence-electron chi connectivity index (χ0n) is 15.7. The largest absolute Gasteiger partial charge is 0.481 e. The number of carbonyl (C=O) groups is 1. The van der Waals surface area contributed by atoms with Crippen molar-refractivity contribution in [2.75, 3.05) is 32.7 Å². The van der Waals surface area contributed by atoms with Gasteiger partial charge in [0.15, 0.2) is 6.10 Å². The molecule has 2 aromatic rings. The molecule has 1 aliphatic rings. The summed E-state index contributed by atoms with van der Waals surface area (Å²) in [5.74, 6) is 0.624. The van der Waals surface area contributed by atoms with E-state index in [4.69, 9.17) is 10.00 Å². The topological polar surface area (TPSA) is 56.6 Å². The van der Waals surface area contributed by atoms with Gasteiger partial charge in [-0.05, 0) is 43.2 Å². The second-order valence-electron chi connectivity index (χ2n) is 6.80. The standard InChI is InChI=1S/C22H25N3O2/c1-18(27-21-9-7-20(17-23)8-10-21)22(26)25-15-13-24(14-16-25)12-11-19-5-3-2-4-6-19/h2-10,18H,11-16H2,1H3. The first-order valence-electron chi connectivity index (χ1n) is 9.37. The lowest BCUT2D eigenvalue weighted by atomic mass is 10.1. The Labute approximate surface area is 160 Å². The number of nitrogens with zero attached hydrogens (tertiary/aromatic N) is 3. The molecular formula is C22H25N3O2. The minimum atomic E-state index is -0.534. The van der Waals surface area contributed by atoms with E-state index in [2.05, 4.69) is 35.2 Å². The number of hydrogen-bond acceptors (Lipinski definition) is 4. The van der Waals surface area contributed by atoms with Gasteiger partial charge in [0.2, 0.25) is 0 Å². The van der Waals surface area contributed by atoms with E-state index in [-0.39, 0.29) is 5.91 Å². The highest BCUT2D eigenvalue weighted by molar-refractivity contribution is 5.81. The average molecular weight is 363 g/mol. The Bertz CT molecular complexity index is 775. The number of nitriles is 1. The van der Waals surface area contributed by atoms with E-state index in [1.165, 1.54) is 5.56 Å². The molecular weight excluding hydrogens is 338 g/mol. The normalized spacial score (nSPS) is 15.8. The molecule has 1 unspecified atom stereocenters. The van der Waals surface area contributed by atoms with Crippen molar-refractivity contribution >= 4 is 5.91 Å². The summed E-state index contributed by atoms with van der Waals surface area (Å²) in [6.07, 6.45) is 0.501. The Hall–Kier alpha value is -2.84. The summed E-state index contributed by atoms with van der Waals surface area (Å²) in [6.45, 7) is 6.04. The van der Waals surface area contributed by atoms with E-state index < -0.39 is 6.10 Å². The highest BCUT2D eigenvalue weighted by Crippen LogP contribution is 2.15. The van der Waals surface area contributed by atoms with Crippen LogP contribution >= 0.6 is 0 Å². The summed E-state index contributed by atoms with van der Waals surface area (Å²) in [7, 11) is 0. The van der Waals surface area contributed by atoms with Gasteiger partial charge < -0.3 is 9.64 Å². The van der Waals surface area contributed by atoms with Gasteiger partial charge in [0.05, 0.1) is 11.6 Å². The lowest BCUT2D eigenvalue weighted by Gasteiger charge is -2.35. The molecule has 1 atom stereocenters. The van der Waals surface area contributed by atoms with Crippen molar-refractivity contribution in [2.24, 2.45) is 0 Å². The molecule has 0 spiro atoms. The monoisotopic (exact) mass is 363 g/mol. The van der Waals surface area contributed by atoms with E-state index in [9.17, 15) is 4.79 Å². The van der Waals surface area contributed by atoms with Gasteiger partial charge in [0.25, 0.3) is 5.91 Å². The van der Waals surface area contributed by atoms with Gasteiger partial charge in [-0.1, -0.05) is 30.3 Å². The van der Waals surface area contributed by atoms with Crippen molar-refractivity contribution in [1.82, 2.24) is 9.80 Å². The van der Waals surface area contributed by atoms with Gasteiger partial charge in [-0.2, -0.15) is 5.26 Å². The van der Waals surface area contributed by atoms with E-state index in [1.807, 2.05) is 11.0 Å². The molecule has 1 saturated heterocycles. The van der Waals surface area contributed by atoms with Crippen LogP contribution < -0.4 is 4.74 Å². The Morgan fingerprint density at radius 3 is 2.37 bits per heavy atom. The van der Waals surface area contributed by atoms with Crippen LogP contribution in [0.5, 0.6) is 5.75 Å². The molecule has 27 heavy (non-hydrogen) atoms. The van der Waals surface area contributed by atoms with Crippen LogP contribution in [0.2, 0.25) is 0 Å². The number of benzene rings is 2. The summed E-state index contributed by atoms with van der Waals surface area (Å²) in [4.78, 5) is 16.9. The fourth-order valence-corrected chi connectivity index (χ4v) is 3.24. The zero-order chi connectivity index (χ0) is 19.1. The lowest BCUT2D eigenvalue weighted by Crippen LogP contribution is -2.52. The van der Waals surface area contributed by atoms with Crippen molar-refractivity contribution in [3.63, 3.8) is 0 Å². The molecule has 0 radical (unpaired) electrons. The third-order valence-corrected chi connectivity index (χ3v) is 4.89. The van der Waals surface area contributed by atoms with Crippen LogP contribution in [0.3, 0.4) is 0 Å². The molecule has 1 aliphatic heterocycles. The molecule has 0 N–H and O–H groups in total. The fourth-order valence-electron chi connectivity index (χ4n) is 3.24. The van der Waals surface area contributed by atoms with E-state index >= 15 is 0 Å². The van der Waals surface area contributed by atoms with Crippen molar-refractivity contribution in [1.29, 1.82) is 5.26 Å². The van der Waals surface area contributed by atoms with Crippen molar-refractivity contribution in [3.05, 3.63) is 65.7 Å². The SMILES string of the molecule is CC(Oc1ccc(C#N)cc1)C(=O)N1CCN(CCc2ccccc2)CC1. The Kier molecular flexibility index (Phi) is 6.45. The quantitative estimate of drug-likeness (QED) is 0.792. The highest BCUT2D eigenvalue weighted by Gasteiger charge is 2.25. The van der Waals surface area contributed by atoms with Gasteiger partial charge in [-0.25, -0.2) is 0 Å². The first-order chi connectivity index (χ1) is 13.2. The first kappa shape index (κ1) is 18.9. The molecule has 5 heteroatoms. The number of carbonyl (C=O) groups excluding carboxylic acids is 1. The van der Waals surface area contributed by atoms with Crippen LogP contribution in [0, 0.1) is 11.3 Å². The smallest absolute Gasteiger partial charge is 0.263 e. The maximum absolute atomic E-state index is 12.6. The van der Waals surface area contributed by atoms with Gasteiger partial charge >= 0.3 is 0 Å². The molecule has 1 fully saturated rings. The zero-order valence-corrected chi connectivity index (χ0v) is 15.7. The molecule has 2 aromatic carbocycles. The maximum atomic E-state index is 12.6. The minimum Gasteiger partial charge on any atom is -0.481 e. The molecule has 0 saturated carbocycles. The van der Waals surface area contributed by atoms with E-state index in [0.29, 0.717) is 11.3 Å². The first-order valence-corrected chi connectivity index (χ1v) is 9.37. The summed E-state index contributed by atoms with van der Waals surface area (Å²) < 4.78 is 5.75. The Morgan fingerprint density at radius 1 is 1.07 bits per heavy atom. The third kappa shape index (κ3) is 5.32. The summed E-state index contributed by atoms with van der Waals surface area (Å²) in [5.41, 5.74) is 1.92. The van der Waals surface area contributed by atoms with Crippen molar-refractivity contribution < 1.29 is 9.53 Å². The van der Waals surface area contributed by atoms with E-state index in [1.54, 1.807) is 31.2 Å². The third-order valence-electron chi connectivity index (χ3n) is 4.89. The van der Waals surface area contributed by atoms with Gasteiger partial charge in [0.1, 0.15) is 5.75 Å². The molecule has 140 valence electrons. The van der Waals surface area contributed by atoms with Crippen LogP contribution in [-0.2, 0) is 11.2 Å². The molecule has 1 heterocycles. The van der Waals surface area contributed by atoms with Crippen molar-refractivity contribution in [2.45, 2.75) is 19.4 Å². The predicted octanol–water partition coefficient (Wildman–Crippen LogP) is 2.71. The van der Waals surface area contributed by atoms with E-state index in [0.717, 1.165) is 39.1 Å². The number of hydrogen-bond donors (Lipinski definition) is 0. The second kappa shape index (κ2) is 9.20. The maximum Gasteiger partial charge on any atom is 0.263 e. The molecule has 1 amide bonds. The van der Waals surface area contributed by atoms with Crippen LogP contribution in [0.25, 0.3) is 0 Å². The molecule has 0 bridgehead atoms. The number of piperazine rings is 1. The van der Waals surface area contributed by atoms with Crippen LogP contribution in [0.4, 0.5) is 0 Å². The number of amides is 1. The molecule has 0 aliphatic carbocycles. The number of rotatable bonds is 6. The van der Waals surface area contributed by atoms with Gasteiger partial charge in [-0.3, -0.25) is 9.69 Å². The molecule has 3 rings (SSSR count). The average Bonchev–Trinajstić information content (AvgIpc) is 2.73. The van der Waals surface area contributed by atoms with Crippen molar-refractivity contribution in [3.8, 4) is 11.8 Å². The predicted molar refractivity (Wildman–Crippen MR) is 104 cm³/mol. The molecule has 0 aromatic heterocycles. The Morgan fingerprint density at radius 2 is 1.74 bits per heavy atom. The van der Waals surface area contributed by atoms with Crippen LogP contribution in [0.1, 0.15) is 18.1 Å². The summed E-state index contributed by atoms with van der Waals surface area (Å²) in [6, 6.07) is 19.4. The minimum absolute atomic E-state index is 0.0158. The van der Waals surface area contributed by atoms with Crippen LogP contribution in [0.15, 0.2) is 54.6 Å². The van der Waals surface area contributed by atoms with Gasteiger partial charge in [-0.15, -0.1) is 0 Å². The Balaban J connectivity index is 1.44. The van der Waals surface area contributed by atoms with Gasteiger partial charge in [0, 0.05) is 32.7 Å². The van der Waals surface area contributed by atoms with Crippen LogP contribution in [-0.4, -0.2) is 54.5 Å².